The molecule has 0 aliphatic carbocycles. The number of H-pyrrole nitrogens is 2. The average molecular weight is 855 g/mol. The van der Waals surface area contributed by atoms with E-state index in [0.29, 0.717) is 39.1 Å². The average Bonchev–Trinajstić information content (AvgIpc) is 4.17. The van der Waals surface area contributed by atoms with Crippen molar-refractivity contribution in [2.24, 2.45) is 11.8 Å². The monoisotopic (exact) mass is 854 g/mol. The second kappa shape index (κ2) is 17.7. The molecule has 3 aliphatic heterocycles. The fraction of sp³-hybridized carbons (Fsp3) is 0.417. The number of likely N-dealkylation sites (tertiary alicyclic amines) is 2. The lowest BCUT2D eigenvalue weighted by Gasteiger charge is -2.34. The highest BCUT2D eigenvalue weighted by molar-refractivity contribution is 6.26. The number of hydrogen-bond donors (Lipinski definition) is 4. The zero-order valence-corrected chi connectivity index (χ0v) is 36.1. The van der Waals surface area contributed by atoms with Gasteiger partial charge in [-0.15, -0.1) is 0 Å². The number of fused-ring (bicyclic) bond motifs is 6. The summed E-state index contributed by atoms with van der Waals surface area (Å²) < 4.78 is 15.3. The summed E-state index contributed by atoms with van der Waals surface area (Å²) in [6, 6.07) is 19.5. The number of alkyl carbamates (subject to hydrolysis) is 2. The molecule has 3 saturated heterocycles. The fourth-order valence-corrected chi connectivity index (χ4v) is 9.90. The second-order valence-electron chi connectivity index (χ2n) is 17.2. The molecule has 15 nitrogen and oxygen atoms in total. The van der Waals surface area contributed by atoms with Gasteiger partial charge in [0, 0.05) is 37.4 Å². The van der Waals surface area contributed by atoms with E-state index in [-0.39, 0.29) is 35.7 Å². The van der Waals surface area contributed by atoms with Crippen molar-refractivity contribution in [2.45, 2.75) is 76.5 Å². The zero-order valence-electron chi connectivity index (χ0n) is 36.1. The molecule has 0 radical (unpaired) electrons. The van der Waals surface area contributed by atoms with Crippen molar-refractivity contribution in [3.63, 3.8) is 0 Å². The van der Waals surface area contributed by atoms with E-state index in [1.807, 2.05) is 36.0 Å². The fourth-order valence-electron chi connectivity index (χ4n) is 9.90. The van der Waals surface area contributed by atoms with Gasteiger partial charge in [-0.05, 0) is 94.8 Å². The molecule has 6 aromatic rings. The quantitative estimate of drug-likeness (QED) is 0.1000. The van der Waals surface area contributed by atoms with E-state index in [1.54, 1.807) is 0 Å². The molecule has 4 atom stereocenters. The Balaban J connectivity index is 0.988. The highest BCUT2D eigenvalue weighted by atomic mass is 16.5. The first-order valence-corrected chi connectivity index (χ1v) is 22.0. The van der Waals surface area contributed by atoms with Gasteiger partial charge in [0.1, 0.15) is 23.7 Å². The molecule has 3 aliphatic rings. The number of imidazole rings is 2. The van der Waals surface area contributed by atoms with Crippen molar-refractivity contribution >= 4 is 56.3 Å². The van der Waals surface area contributed by atoms with Gasteiger partial charge in [0.25, 0.3) is 0 Å². The van der Waals surface area contributed by atoms with Gasteiger partial charge in [0.05, 0.1) is 50.1 Å². The van der Waals surface area contributed by atoms with Gasteiger partial charge in [0.2, 0.25) is 11.8 Å². The predicted molar refractivity (Wildman–Crippen MR) is 239 cm³/mol. The summed E-state index contributed by atoms with van der Waals surface area (Å²) >= 11 is 0. The van der Waals surface area contributed by atoms with E-state index in [0.717, 1.165) is 92.2 Å². The number of aromatic nitrogens is 4. The molecule has 0 saturated carbocycles. The van der Waals surface area contributed by atoms with Gasteiger partial charge < -0.3 is 44.6 Å². The number of hydrogen-bond acceptors (Lipinski definition) is 9. The minimum Gasteiger partial charge on any atom is -0.453 e. The number of ether oxygens (including phenoxy) is 3. The Labute approximate surface area is 365 Å². The van der Waals surface area contributed by atoms with Crippen molar-refractivity contribution < 1.29 is 33.4 Å². The third-order valence-electron chi connectivity index (χ3n) is 13.2. The van der Waals surface area contributed by atoms with Gasteiger partial charge in [-0.1, -0.05) is 62.4 Å². The summed E-state index contributed by atoms with van der Waals surface area (Å²) in [6.45, 7) is 6.08. The van der Waals surface area contributed by atoms with Crippen LogP contribution in [-0.2, 0) is 23.8 Å². The van der Waals surface area contributed by atoms with Gasteiger partial charge >= 0.3 is 12.2 Å². The molecule has 4 N–H and O–H groups in total. The van der Waals surface area contributed by atoms with Crippen LogP contribution in [0.4, 0.5) is 9.59 Å². The van der Waals surface area contributed by atoms with Crippen LogP contribution in [0.3, 0.4) is 0 Å². The summed E-state index contributed by atoms with van der Waals surface area (Å²) in [5.74, 6) is 1.02. The van der Waals surface area contributed by atoms with Crippen LogP contribution in [-0.4, -0.2) is 106 Å². The maximum atomic E-state index is 14.1. The highest BCUT2D eigenvalue weighted by Gasteiger charge is 2.41. The molecule has 328 valence electrons. The Morgan fingerprint density at radius 2 is 1.16 bits per heavy atom. The molecular formula is C48H54N8O7. The normalized spacial score (nSPS) is 19.2. The van der Waals surface area contributed by atoms with Gasteiger partial charge in [-0.25, -0.2) is 19.6 Å². The molecule has 15 heteroatoms. The number of methoxy groups -OCH3 is 2. The number of benzene rings is 4. The van der Waals surface area contributed by atoms with Crippen LogP contribution in [0.2, 0.25) is 0 Å². The van der Waals surface area contributed by atoms with Crippen molar-refractivity contribution in [1.29, 1.82) is 0 Å². The first kappa shape index (κ1) is 41.9. The molecule has 9 rings (SSSR count). The molecule has 5 heterocycles. The van der Waals surface area contributed by atoms with Crippen molar-refractivity contribution in [3.8, 4) is 22.5 Å². The Hall–Kier alpha value is -6.48. The second-order valence-corrected chi connectivity index (χ2v) is 17.2. The molecule has 1 unspecified atom stereocenters. The van der Waals surface area contributed by atoms with E-state index >= 15 is 0 Å². The molecule has 3 fully saturated rings. The Bertz CT molecular complexity index is 2670. The van der Waals surface area contributed by atoms with E-state index in [1.165, 1.54) is 14.2 Å². The molecule has 0 bridgehead atoms. The molecule has 4 aromatic carbocycles. The lowest BCUT2D eigenvalue weighted by Crippen LogP contribution is -2.53. The van der Waals surface area contributed by atoms with Crippen LogP contribution >= 0.6 is 0 Å². The Kier molecular flexibility index (Phi) is 11.8. The summed E-state index contributed by atoms with van der Waals surface area (Å²) in [7, 11) is 2.61. The van der Waals surface area contributed by atoms with Crippen LogP contribution in [0, 0.1) is 11.8 Å². The number of carbonyl (C=O) groups excluding carboxylic acids is 4. The third-order valence-corrected chi connectivity index (χ3v) is 13.2. The van der Waals surface area contributed by atoms with Crippen LogP contribution in [0.5, 0.6) is 0 Å². The summed E-state index contributed by atoms with van der Waals surface area (Å²) in [6.07, 6.45) is 7.01. The summed E-state index contributed by atoms with van der Waals surface area (Å²) in [5, 5.41) is 12.3. The van der Waals surface area contributed by atoms with Crippen molar-refractivity contribution in [3.05, 3.63) is 84.7 Å². The predicted octanol–water partition coefficient (Wildman–Crippen LogP) is 7.79. The van der Waals surface area contributed by atoms with E-state index in [4.69, 9.17) is 24.2 Å². The van der Waals surface area contributed by atoms with Gasteiger partial charge in [0.15, 0.2) is 0 Å². The summed E-state index contributed by atoms with van der Waals surface area (Å²) in [5.41, 5.74) is 3.68. The Morgan fingerprint density at radius 1 is 0.667 bits per heavy atom. The molecule has 0 spiro atoms. The van der Waals surface area contributed by atoms with Crippen LogP contribution in [0.25, 0.3) is 54.8 Å². The van der Waals surface area contributed by atoms with Crippen LogP contribution < -0.4 is 10.6 Å². The van der Waals surface area contributed by atoms with E-state index in [9.17, 15) is 19.2 Å². The SMILES string of the molecule is COC(=O)NC(C(=O)N1CCC[C@H]1c1ncc(-c2ccc3c4ccc(-c5cnc([C@@H]6CCCN6C(=O)[C@@H](NC(=O)OC)C(C)C)[nH]5)cc4c4ccccc4c3c2)[nH]1)C1CCOCC1. The first-order valence-electron chi connectivity index (χ1n) is 22.0. The smallest absolute Gasteiger partial charge is 0.407 e. The first-order chi connectivity index (χ1) is 30.6. The maximum absolute atomic E-state index is 14.1. The largest absolute Gasteiger partial charge is 0.453 e. The lowest BCUT2D eigenvalue weighted by molar-refractivity contribution is -0.137. The molecule has 4 amide bonds. The highest BCUT2D eigenvalue weighted by Crippen LogP contribution is 2.40. The minimum atomic E-state index is -0.705. The molecular weight excluding hydrogens is 801 g/mol. The van der Waals surface area contributed by atoms with Crippen molar-refractivity contribution in [2.75, 3.05) is 40.5 Å². The number of nitrogens with zero attached hydrogens (tertiary/aromatic N) is 4. The number of aromatic amines is 2. The lowest BCUT2D eigenvalue weighted by atomic mass is 9.90. The molecule has 63 heavy (non-hydrogen) atoms. The number of rotatable bonds is 10. The van der Waals surface area contributed by atoms with Crippen LogP contribution in [0.15, 0.2) is 73.1 Å². The maximum Gasteiger partial charge on any atom is 0.407 e. The van der Waals surface area contributed by atoms with Crippen LogP contribution in [0.1, 0.15) is 76.1 Å². The van der Waals surface area contributed by atoms with Gasteiger partial charge in [-0.3, -0.25) is 9.59 Å². The number of amides is 4. The van der Waals surface area contributed by atoms with E-state index < -0.39 is 24.3 Å². The Morgan fingerprint density at radius 3 is 1.67 bits per heavy atom. The standard InChI is InChI=1S/C48H54N8O7/c1-27(2)41(53-47(59)61-3)45(57)55-19-7-11-39(55)43-49-25-37(51-43)29-13-15-33-34-16-14-30(24-36(34)32-10-6-5-9-31(32)35(33)23-29)38-26-50-44(52-38)40-12-8-20-56(40)46(58)42(54-48(60)62-4)28-17-21-63-22-18-28/h5-6,9-10,13-16,23-28,39-42H,7-8,11-12,17-22H2,1-4H3,(H,49,51)(H,50,52)(H,53,59)(H,54,60)/t39-,40-,41-,42?/m0/s1. The van der Waals surface area contributed by atoms with Crippen molar-refractivity contribution in [1.82, 2.24) is 40.4 Å². The number of nitrogens with one attached hydrogen (secondary N) is 4. The third kappa shape index (κ3) is 8.05. The molecule has 2 aromatic heterocycles. The minimum absolute atomic E-state index is 0.0401. The summed E-state index contributed by atoms with van der Waals surface area (Å²) in [4.78, 5) is 72.7. The number of carbonyl (C=O) groups is 4. The van der Waals surface area contributed by atoms with Gasteiger partial charge in [-0.2, -0.15) is 0 Å². The topological polar surface area (TPSA) is 184 Å². The zero-order chi connectivity index (χ0) is 43.8. The van der Waals surface area contributed by atoms with E-state index in [2.05, 4.69) is 81.3 Å².